The standard InChI is InChI=1S/C21H22O4/c1-16(21(24)18-11-6-3-7-12-18)19(23)13-8-14-20(25-15-22)17-9-4-2-5-10-17/h2-13,15-16,20-21,24H,14H2,1H3/b13-8+/t16-,20-,21-/m1/s1. The molecule has 1 N–H and O–H groups in total. The molecule has 130 valence electrons. The van der Waals surface area contributed by atoms with Crippen molar-refractivity contribution in [2.24, 2.45) is 5.92 Å². The number of ether oxygens (including phenoxy) is 1. The van der Waals surface area contributed by atoms with Crippen molar-refractivity contribution in [3.63, 3.8) is 0 Å². The Morgan fingerprint density at radius 2 is 1.60 bits per heavy atom. The number of aliphatic hydroxyl groups is 1. The summed E-state index contributed by atoms with van der Waals surface area (Å²) in [5, 5.41) is 10.3. The summed E-state index contributed by atoms with van der Waals surface area (Å²) in [6.07, 6.45) is 2.23. The molecule has 2 aromatic rings. The van der Waals surface area contributed by atoms with Gasteiger partial charge in [0.25, 0.3) is 6.47 Å². The summed E-state index contributed by atoms with van der Waals surface area (Å²) in [7, 11) is 0. The molecule has 0 aliphatic carbocycles. The number of carbonyl (C=O) groups excluding carboxylic acids is 2. The van der Waals surface area contributed by atoms with Crippen LogP contribution in [0.1, 0.15) is 36.7 Å². The third kappa shape index (κ3) is 5.40. The van der Waals surface area contributed by atoms with Gasteiger partial charge in [0.2, 0.25) is 0 Å². The van der Waals surface area contributed by atoms with Crippen LogP contribution in [0.4, 0.5) is 0 Å². The molecule has 0 fully saturated rings. The molecule has 0 aromatic heterocycles. The molecule has 0 bridgehead atoms. The van der Waals surface area contributed by atoms with E-state index in [2.05, 4.69) is 0 Å². The van der Waals surface area contributed by atoms with E-state index in [1.807, 2.05) is 48.5 Å². The minimum Gasteiger partial charge on any atom is -0.459 e. The van der Waals surface area contributed by atoms with Crippen molar-refractivity contribution in [3.05, 3.63) is 83.9 Å². The highest BCUT2D eigenvalue weighted by atomic mass is 16.5. The Kier molecular flexibility index (Phi) is 7.11. The van der Waals surface area contributed by atoms with Gasteiger partial charge in [-0.3, -0.25) is 9.59 Å². The van der Waals surface area contributed by atoms with E-state index in [4.69, 9.17) is 4.74 Å². The third-order valence-corrected chi connectivity index (χ3v) is 4.09. The van der Waals surface area contributed by atoms with Crippen LogP contribution < -0.4 is 0 Å². The molecule has 0 unspecified atom stereocenters. The van der Waals surface area contributed by atoms with Gasteiger partial charge in [-0.2, -0.15) is 0 Å². The number of hydrogen-bond donors (Lipinski definition) is 1. The van der Waals surface area contributed by atoms with Gasteiger partial charge in [-0.25, -0.2) is 0 Å². The maximum Gasteiger partial charge on any atom is 0.293 e. The van der Waals surface area contributed by atoms with Gasteiger partial charge < -0.3 is 9.84 Å². The largest absolute Gasteiger partial charge is 0.459 e. The fourth-order valence-electron chi connectivity index (χ4n) is 2.56. The first-order valence-corrected chi connectivity index (χ1v) is 8.21. The molecule has 0 radical (unpaired) electrons. The van der Waals surface area contributed by atoms with E-state index in [0.717, 1.165) is 5.56 Å². The van der Waals surface area contributed by atoms with Crippen LogP contribution in [0, 0.1) is 5.92 Å². The molecule has 2 aromatic carbocycles. The zero-order valence-electron chi connectivity index (χ0n) is 14.1. The summed E-state index contributed by atoms with van der Waals surface area (Å²) in [4.78, 5) is 23.0. The summed E-state index contributed by atoms with van der Waals surface area (Å²) in [6, 6.07) is 18.4. The molecule has 0 spiro atoms. The zero-order chi connectivity index (χ0) is 18.1. The van der Waals surface area contributed by atoms with Crippen molar-refractivity contribution in [1.82, 2.24) is 0 Å². The smallest absolute Gasteiger partial charge is 0.293 e. The van der Waals surface area contributed by atoms with Crippen LogP contribution in [-0.4, -0.2) is 17.4 Å². The predicted octanol–water partition coefficient (Wildman–Crippen LogP) is 3.79. The van der Waals surface area contributed by atoms with Gasteiger partial charge >= 0.3 is 0 Å². The minimum atomic E-state index is -0.852. The van der Waals surface area contributed by atoms with Crippen molar-refractivity contribution in [2.45, 2.75) is 25.6 Å². The number of rotatable bonds is 9. The summed E-state index contributed by atoms with van der Waals surface area (Å²) in [5.41, 5.74) is 1.58. The van der Waals surface area contributed by atoms with Crippen molar-refractivity contribution < 1.29 is 19.4 Å². The lowest BCUT2D eigenvalue weighted by atomic mass is 9.93. The van der Waals surface area contributed by atoms with Gasteiger partial charge in [0.05, 0.1) is 6.10 Å². The number of hydrogen-bond acceptors (Lipinski definition) is 4. The van der Waals surface area contributed by atoms with E-state index in [-0.39, 0.29) is 5.78 Å². The fourth-order valence-corrected chi connectivity index (χ4v) is 2.56. The van der Waals surface area contributed by atoms with Gasteiger partial charge in [-0.05, 0) is 17.2 Å². The van der Waals surface area contributed by atoms with E-state index in [1.54, 1.807) is 25.1 Å². The lowest BCUT2D eigenvalue weighted by Gasteiger charge is -2.17. The van der Waals surface area contributed by atoms with Gasteiger partial charge in [-0.1, -0.05) is 73.7 Å². The van der Waals surface area contributed by atoms with E-state index in [1.165, 1.54) is 6.08 Å². The van der Waals surface area contributed by atoms with Crippen LogP contribution in [0.15, 0.2) is 72.8 Å². The first kappa shape index (κ1) is 18.6. The highest BCUT2D eigenvalue weighted by Crippen LogP contribution is 2.24. The van der Waals surface area contributed by atoms with Crippen LogP contribution in [0.2, 0.25) is 0 Å². The zero-order valence-corrected chi connectivity index (χ0v) is 14.1. The van der Waals surface area contributed by atoms with E-state index < -0.39 is 18.1 Å². The molecule has 4 heteroatoms. The second-order valence-corrected chi connectivity index (χ2v) is 5.82. The first-order chi connectivity index (χ1) is 12.1. The van der Waals surface area contributed by atoms with Crippen LogP contribution in [0.3, 0.4) is 0 Å². The van der Waals surface area contributed by atoms with Crippen molar-refractivity contribution in [1.29, 1.82) is 0 Å². The second kappa shape index (κ2) is 9.55. The van der Waals surface area contributed by atoms with Crippen LogP contribution in [-0.2, 0) is 14.3 Å². The highest BCUT2D eigenvalue weighted by molar-refractivity contribution is 5.91. The Hall–Kier alpha value is -2.72. The Morgan fingerprint density at radius 3 is 2.16 bits per heavy atom. The number of carbonyl (C=O) groups is 2. The molecule has 0 heterocycles. The topological polar surface area (TPSA) is 63.6 Å². The number of aliphatic hydroxyl groups excluding tert-OH is 1. The van der Waals surface area contributed by atoms with Gasteiger partial charge in [-0.15, -0.1) is 0 Å². The average molecular weight is 338 g/mol. The number of allylic oxidation sites excluding steroid dienone is 1. The Bertz CT molecular complexity index is 694. The highest BCUT2D eigenvalue weighted by Gasteiger charge is 2.21. The fraction of sp³-hybridized carbons (Fsp3) is 0.238. The van der Waals surface area contributed by atoms with Crippen molar-refractivity contribution in [3.8, 4) is 0 Å². The summed E-state index contributed by atoms with van der Waals surface area (Å²) >= 11 is 0. The van der Waals surface area contributed by atoms with E-state index >= 15 is 0 Å². The second-order valence-electron chi connectivity index (χ2n) is 5.82. The average Bonchev–Trinajstić information content (AvgIpc) is 2.67. The molecular formula is C21H22O4. The summed E-state index contributed by atoms with van der Waals surface area (Å²) in [5.74, 6) is -0.727. The lowest BCUT2D eigenvalue weighted by Crippen LogP contribution is -2.17. The molecule has 0 amide bonds. The van der Waals surface area contributed by atoms with Crippen LogP contribution >= 0.6 is 0 Å². The monoisotopic (exact) mass is 338 g/mol. The minimum absolute atomic E-state index is 0.172. The first-order valence-electron chi connectivity index (χ1n) is 8.21. The van der Waals surface area contributed by atoms with Crippen molar-refractivity contribution >= 4 is 12.3 Å². The van der Waals surface area contributed by atoms with E-state index in [9.17, 15) is 14.7 Å². The number of ketones is 1. The lowest BCUT2D eigenvalue weighted by molar-refractivity contribution is -0.133. The van der Waals surface area contributed by atoms with Crippen LogP contribution in [0.5, 0.6) is 0 Å². The Labute approximate surface area is 147 Å². The normalized spacial score (nSPS) is 14.6. The molecule has 0 aliphatic rings. The van der Waals surface area contributed by atoms with Gasteiger partial charge in [0, 0.05) is 12.3 Å². The molecule has 2 rings (SSSR count). The van der Waals surface area contributed by atoms with E-state index in [0.29, 0.717) is 18.5 Å². The molecule has 4 nitrogen and oxygen atoms in total. The van der Waals surface area contributed by atoms with Gasteiger partial charge in [0.1, 0.15) is 6.10 Å². The van der Waals surface area contributed by atoms with Gasteiger partial charge in [0.15, 0.2) is 5.78 Å². The Balaban J connectivity index is 1.97. The summed E-state index contributed by atoms with van der Waals surface area (Å²) in [6.45, 7) is 2.11. The summed E-state index contributed by atoms with van der Waals surface area (Å²) < 4.78 is 5.09. The molecule has 0 saturated heterocycles. The molecule has 0 aliphatic heterocycles. The predicted molar refractivity (Wildman–Crippen MR) is 95.7 cm³/mol. The maximum absolute atomic E-state index is 12.3. The maximum atomic E-state index is 12.3. The Morgan fingerprint density at radius 1 is 1.04 bits per heavy atom. The molecule has 25 heavy (non-hydrogen) atoms. The van der Waals surface area contributed by atoms with Crippen molar-refractivity contribution in [2.75, 3.05) is 0 Å². The molecule has 0 saturated carbocycles. The third-order valence-electron chi connectivity index (χ3n) is 4.09. The SMILES string of the molecule is C[C@H](C(=O)/C=C/C[C@@H](OC=O)c1ccccc1)[C@@H](O)c1ccccc1. The van der Waals surface area contributed by atoms with Crippen LogP contribution in [0.25, 0.3) is 0 Å². The quantitative estimate of drug-likeness (QED) is 0.558. The molecule has 3 atom stereocenters. The number of benzene rings is 2. The molecular weight excluding hydrogens is 316 g/mol.